The Labute approximate surface area is 200 Å². The second kappa shape index (κ2) is 9.23. The predicted molar refractivity (Wildman–Crippen MR) is 132 cm³/mol. The Morgan fingerprint density at radius 1 is 1.22 bits per heavy atom. The first-order chi connectivity index (χ1) is 15.6. The molecule has 0 radical (unpaired) electrons. The average Bonchev–Trinajstić information content (AvgIpc) is 3.47. The number of fused-ring (bicyclic) bond motifs is 1. The third-order valence-corrected chi connectivity index (χ3v) is 7.09. The largest absolute Gasteiger partial charge is 0.481 e. The molecule has 0 saturated carbocycles. The molecule has 6 nitrogen and oxygen atoms in total. The number of carbonyl (C=O) groups is 1. The van der Waals surface area contributed by atoms with E-state index >= 15 is 0 Å². The number of halogens is 1. The SMILES string of the molecule is O=C(O)C1CC=C(c2ccc(-c3nc4cc(O[C@H]5CCOC5)[nH]c4cc3CI)cc2)CC1. The van der Waals surface area contributed by atoms with Crippen molar-refractivity contribution < 1.29 is 19.4 Å². The predicted octanol–water partition coefficient (Wildman–Crippen LogP) is 5.60. The average molecular weight is 544 g/mol. The molecule has 166 valence electrons. The fourth-order valence-electron chi connectivity index (χ4n) is 4.44. The molecule has 32 heavy (non-hydrogen) atoms. The molecule has 1 fully saturated rings. The molecule has 0 amide bonds. The van der Waals surface area contributed by atoms with Crippen LogP contribution in [-0.2, 0) is 14.0 Å². The highest BCUT2D eigenvalue weighted by atomic mass is 127. The van der Waals surface area contributed by atoms with E-state index in [0.717, 1.165) is 57.6 Å². The summed E-state index contributed by atoms with van der Waals surface area (Å²) in [5, 5.41) is 9.20. The van der Waals surface area contributed by atoms with E-state index in [1.165, 1.54) is 11.1 Å². The number of aromatic nitrogens is 2. The Kier molecular flexibility index (Phi) is 6.19. The van der Waals surface area contributed by atoms with Crippen molar-refractivity contribution in [1.82, 2.24) is 9.97 Å². The number of ether oxygens (including phenoxy) is 2. The van der Waals surface area contributed by atoms with Crippen LogP contribution in [-0.4, -0.2) is 40.4 Å². The minimum atomic E-state index is -0.696. The first-order valence-corrected chi connectivity index (χ1v) is 12.5. The number of nitrogens with one attached hydrogen (secondary N) is 1. The minimum Gasteiger partial charge on any atom is -0.481 e. The van der Waals surface area contributed by atoms with Crippen LogP contribution in [0.2, 0.25) is 0 Å². The normalized spacial score (nSPS) is 21.0. The van der Waals surface area contributed by atoms with E-state index in [1.807, 2.05) is 6.07 Å². The number of carboxylic acid groups (broad SMARTS) is 1. The molecule has 1 saturated heterocycles. The third-order valence-electron chi connectivity index (χ3n) is 6.27. The summed E-state index contributed by atoms with van der Waals surface area (Å²) in [7, 11) is 0. The Bertz CT molecular complexity index is 1160. The van der Waals surface area contributed by atoms with E-state index in [-0.39, 0.29) is 12.0 Å². The summed E-state index contributed by atoms with van der Waals surface area (Å²) in [4.78, 5) is 19.5. The zero-order chi connectivity index (χ0) is 22.1. The topological polar surface area (TPSA) is 84.4 Å². The molecule has 1 aromatic carbocycles. The van der Waals surface area contributed by atoms with E-state index in [4.69, 9.17) is 14.5 Å². The van der Waals surface area contributed by atoms with Crippen LogP contribution in [0.3, 0.4) is 0 Å². The molecule has 0 spiro atoms. The van der Waals surface area contributed by atoms with Gasteiger partial charge < -0.3 is 19.6 Å². The van der Waals surface area contributed by atoms with Gasteiger partial charge in [-0.15, -0.1) is 0 Å². The van der Waals surface area contributed by atoms with Gasteiger partial charge in [0.2, 0.25) is 0 Å². The lowest BCUT2D eigenvalue weighted by Gasteiger charge is -2.19. The number of benzene rings is 1. The van der Waals surface area contributed by atoms with Crippen LogP contribution >= 0.6 is 22.6 Å². The molecule has 7 heteroatoms. The summed E-state index contributed by atoms with van der Waals surface area (Å²) < 4.78 is 12.3. The number of aliphatic carboxylic acids is 1. The van der Waals surface area contributed by atoms with Crippen LogP contribution in [0.25, 0.3) is 27.9 Å². The van der Waals surface area contributed by atoms with Gasteiger partial charge >= 0.3 is 5.97 Å². The maximum absolute atomic E-state index is 11.2. The minimum absolute atomic E-state index is 0.0963. The number of carboxylic acids is 1. The summed E-state index contributed by atoms with van der Waals surface area (Å²) in [5.74, 6) is -0.214. The molecule has 1 unspecified atom stereocenters. The highest BCUT2D eigenvalue weighted by molar-refractivity contribution is 14.1. The van der Waals surface area contributed by atoms with Crippen molar-refractivity contribution in [2.45, 2.75) is 36.2 Å². The van der Waals surface area contributed by atoms with Gasteiger partial charge in [-0.2, -0.15) is 0 Å². The monoisotopic (exact) mass is 544 g/mol. The molecule has 2 atom stereocenters. The summed E-state index contributed by atoms with van der Waals surface area (Å²) in [6.45, 7) is 1.38. The van der Waals surface area contributed by atoms with Crippen LogP contribution < -0.4 is 4.74 Å². The first-order valence-electron chi connectivity index (χ1n) is 11.0. The molecule has 2 aliphatic rings. The fourth-order valence-corrected chi connectivity index (χ4v) is 5.02. The lowest BCUT2D eigenvalue weighted by atomic mass is 9.86. The van der Waals surface area contributed by atoms with E-state index in [1.54, 1.807) is 0 Å². The fraction of sp³-hybridized carbons (Fsp3) is 0.360. The second-order valence-electron chi connectivity index (χ2n) is 8.42. The number of hydrogen-bond acceptors (Lipinski definition) is 4. The molecule has 3 heterocycles. The van der Waals surface area contributed by atoms with E-state index in [2.05, 4.69) is 64.0 Å². The molecule has 0 bridgehead atoms. The second-order valence-corrected chi connectivity index (χ2v) is 9.18. The maximum Gasteiger partial charge on any atom is 0.306 e. The number of pyridine rings is 1. The van der Waals surface area contributed by atoms with E-state index in [0.29, 0.717) is 19.4 Å². The van der Waals surface area contributed by atoms with Gasteiger partial charge in [0.25, 0.3) is 0 Å². The Morgan fingerprint density at radius 3 is 2.69 bits per heavy atom. The molecule has 1 aliphatic heterocycles. The smallest absolute Gasteiger partial charge is 0.306 e. The van der Waals surface area contributed by atoms with Gasteiger partial charge in [-0.1, -0.05) is 52.9 Å². The number of H-pyrrole nitrogens is 1. The summed E-state index contributed by atoms with van der Waals surface area (Å²) in [6, 6.07) is 12.6. The van der Waals surface area contributed by atoms with Crippen molar-refractivity contribution in [3.8, 4) is 17.1 Å². The number of nitrogens with zero attached hydrogens (tertiary/aromatic N) is 1. The number of aromatic amines is 1. The van der Waals surface area contributed by atoms with Gasteiger partial charge in [0.1, 0.15) is 6.10 Å². The lowest BCUT2D eigenvalue weighted by molar-refractivity contribution is -0.141. The van der Waals surface area contributed by atoms with Crippen LogP contribution in [0.15, 0.2) is 42.5 Å². The van der Waals surface area contributed by atoms with E-state index < -0.39 is 5.97 Å². The molecule has 2 aromatic heterocycles. The van der Waals surface area contributed by atoms with Gasteiger partial charge in [-0.3, -0.25) is 4.79 Å². The van der Waals surface area contributed by atoms with Crippen LogP contribution in [0.5, 0.6) is 5.88 Å². The Balaban J connectivity index is 1.40. The standard InChI is InChI=1S/C25H25IN2O4/c26-13-19-11-21-22(12-23(27-21)32-20-9-10-31-14-20)28-24(19)17-5-1-15(2-6-17)16-3-7-18(8-4-16)25(29)30/h1-3,5-6,11-12,18,20,27H,4,7-10,13-14H2,(H,29,30)/t18?,20-/m0/s1. The molecule has 5 rings (SSSR count). The molecule has 2 N–H and O–H groups in total. The number of allylic oxidation sites excluding steroid dienone is 2. The Morgan fingerprint density at radius 2 is 2.03 bits per heavy atom. The van der Waals surface area contributed by atoms with Crippen molar-refractivity contribution in [2.75, 3.05) is 13.2 Å². The van der Waals surface area contributed by atoms with Crippen molar-refractivity contribution in [3.05, 3.63) is 53.6 Å². The van der Waals surface area contributed by atoms with Crippen molar-refractivity contribution in [3.63, 3.8) is 0 Å². The summed E-state index contributed by atoms with van der Waals surface area (Å²) >= 11 is 2.38. The van der Waals surface area contributed by atoms with Gasteiger partial charge in [0.05, 0.1) is 35.9 Å². The molecule has 3 aromatic rings. The van der Waals surface area contributed by atoms with Crippen molar-refractivity contribution in [2.24, 2.45) is 5.92 Å². The zero-order valence-electron chi connectivity index (χ0n) is 17.6. The highest BCUT2D eigenvalue weighted by Gasteiger charge is 2.22. The Hall–Kier alpha value is -2.39. The van der Waals surface area contributed by atoms with Gasteiger partial charge in [-0.05, 0) is 42.0 Å². The first kappa shape index (κ1) is 21.5. The van der Waals surface area contributed by atoms with Crippen molar-refractivity contribution in [1.29, 1.82) is 0 Å². The number of alkyl halides is 1. The summed E-state index contributed by atoms with van der Waals surface area (Å²) in [5.41, 5.74) is 7.49. The van der Waals surface area contributed by atoms with E-state index in [9.17, 15) is 9.90 Å². The molecular weight excluding hydrogens is 519 g/mol. The zero-order valence-corrected chi connectivity index (χ0v) is 19.8. The summed E-state index contributed by atoms with van der Waals surface area (Å²) in [6.07, 6.45) is 5.19. The maximum atomic E-state index is 11.2. The third kappa shape index (κ3) is 4.41. The highest BCUT2D eigenvalue weighted by Crippen LogP contribution is 2.33. The quantitative estimate of drug-likeness (QED) is 0.312. The number of rotatable bonds is 6. The number of hydrogen-bond donors (Lipinski definition) is 2. The molecule has 1 aliphatic carbocycles. The van der Waals surface area contributed by atoms with Crippen molar-refractivity contribution >= 4 is 45.2 Å². The van der Waals surface area contributed by atoms with Crippen LogP contribution in [0.1, 0.15) is 36.8 Å². The van der Waals surface area contributed by atoms with Crippen LogP contribution in [0, 0.1) is 5.92 Å². The van der Waals surface area contributed by atoms with Gasteiger partial charge in [0.15, 0.2) is 5.88 Å². The van der Waals surface area contributed by atoms with Crippen LogP contribution in [0.4, 0.5) is 0 Å². The molecular formula is C25H25IN2O4. The van der Waals surface area contributed by atoms with Gasteiger partial charge in [-0.25, -0.2) is 4.98 Å². The van der Waals surface area contributed by atoms with Gasteiger partial charge in [0, 0.05) is 22.5 Å². The lowest BCUT2D eigenvalue weighted by Crippen LogP contribution is -2.15.